The molecule has 1 aliphatic rings. The maximum Gasteiger partial charge on any atom is 0.231 e. The highest BCUT2D eigenvalue weighted by Gasteiger charge is 2.27. The molecule has 9 heteroatoms. The average Bonchev–Trinajstić information content (AvgIpc) is 3.41. The molecule has 0 bridgehead atoms. The molecule has 0 spiro atoms. The van der Waals surface area contributed by atoms with Gasteiger partial charge in [0, 0.05) is 22.3 Å². The van der Waals surface area contributed by atoms with Crippen molar-refractivity contribution in [2.45, 2.75) is 25.3 Å². The number of imidazole rings is 1. The number of benzene rings is 1. The van der Waals surface area contributed by atoms with Crippen molar-refractivity contribution in [3.8, 4) is 0 Å². The Morgan fingerprint density at radius 1 is 1.21 bits per heavy atom. The molecule has 0 atom stereocenters. The smallest absolute Gasteiger partial charge is 0.231 e. The number of carbonyl (C=O) groups excluding carboxylic acids is 1. The van der Waals surface area contributed by atoms with Gasteiger partial charge in [-0.25, -0.2) is 9.50 Å². The zero-order chi connectivity index (χ0) is 19.3. The van der Waals surface area contributed by atoms with Crippen LogP contribution in [-0.4, -0.2) is 30.3 Å². The molecule has 8 nitrogen and oxygen atoms in total. The molecular formula is C19H15BrN6O2. The van der Waals surface area contributed by atoms with Gasteiger partial charge in [-0.05, 0) is 43.2 Å². The van der Waals surface area contributed by atoms with Crippen LogP contribution in [0, 0.1) is 0 Å². The maximum absolute atomic E-state index is 12.9. The normalized spacial score (nSPS) is 13.9. The zero-order valence-corrected chi connectivity index (χ0v) is 16.3. The van der Waals surface area contributed by atoms with Gasteiger partial charge in [0.1, 0.15) is 5.69 Å². The fourth-order valence-corrected chi connectivity index (χ4v) is 3.55. The van der Waals surface area contributed by atoms with Gasteiger partial charge in [0.2, 0.25) is 11.3 Å². The first kappa shape index (κ1) is 17.1. The average molecular weight is 439 g/mol. The largest absolute Gasteiger partial charge is 0.309 e. The van der Waals surface area contributed by atoms with E-state index in [1.165, 1.54) is 0 Å². The summed E-state index contributed by atoms with van der Waals surface area (Å²) in [6.07, 6.45) is 5.27. The Labute approximate surface area is 167 Å². The van der Waals surface area contributed by atoms with E-state index in [1.807, 2.05) is 16.8 Å². The second kappa shape index (κ2) is 6.52. The summed E-state index contributed by atoms with van der Waals surface area (Å²) in [5, 5.41) is 12.1. The number of aromatic nitrogens is 5. The summed E-state index contributed by atoms with van der Waals surface area (Å²) in [4.78, 5) is 29.5. The highest BCUT2D eigenvalue weighted by Crippen LogP contribution is 2.36. The molecule has 1 aliphatic carbocycles. The quantitative estimate of drug-likeness (QED) is 0.528. The van der Waals surface area contributed by atoms with Crippen LogP contribution in [0.4, 0.5) is 5.82 Å². The van der Waals surface area contributed by atoms with E-state index >= 15 is 0 Å². The van der Waals surface area contributed by atoms with Gasteiger partial charge in [0.15, 0.2) is 11.5 Å². The van der Waals surface area contributed by atoms with Crippen LogP contribution in [0.25, 0.3) is 16.6 Å². The van der Waals surface area contributed by atoms with Crippen molar-refractivity contribution in [1.29, 1.82) is 0 Å². The minimum absolute atomic E-state index is 0.110. The molecule has 3 heterocycles. The molecule has 0 aliphatic heterocycles. The Morgan fingerprint density at radius 2 is 2.07 bits per heavy atom. The van der Waals surface area contributed by atoms with E-state index in [-0.39, 0.29) is 29.5 Å². The minimum Gasteiger partial charge on any atom is -0.309 e. The summed E-state index contributed by atoms with van der Waals surface area (Å²) in [5.41, 5.74) is 1.50. The Balaban J connectivity index is 1.47. The van der Waals surface area contributed by atoms with Gasteiger partial charge in [-0.1, -0.05) is 15.9 Å². The second-order valence-corrected chi connectivity index (χ2v) is 7.70. The fourth-order valence-electron chi connectivity index (χ4n) is 3.21. The van der Waals surface area contributed by atoms with Crippen LogP contribution in [0.3, 0.4) is 0 Å². The highest BCUT2D eigenvalue weighted by molar-refractivity contribution is 9.10. The Kier molecular flexibility index (Phi) is 3.97. The molecule has 0 saturated heterocycles. The van der Waals surface area contributed by atoms with Crippen molar-refractivity contribution in [1.82, 2.24) is 24.4 Å². The van der Waals surface area contributed by atoms with Gasteiger partial charge >= 0.3 is 0 Å². The lowest BCUT2D eigenvalue weighted by molar-refractivity contribution is -0.115. The number of anilines is 1. The number of fused-ring (bicyclic) bond motifs is 2. The lowest BCUT2D eigenvalue weighted by Gasteiger charge is -2.12. The van der Waals surface area contributed by atoms with Gasteiger partial charge in [-0.15, -0.1) is 5.10 Å². The molecule has 1 N–H and O–H groups in total. The number of hydrogen-bond acceptors (Lipinski definition) is 5. The number of rotatable bonds is 4. The summed E-state index contributed by atoms with van der Waals surface area (Å²) in [6, 6.07) is 9.22. The first-order valence-electron chi connectivity index (χ1n) is 8.90. The van der Waals surface area contributed by atoms with E-state index in [1.54, 1.807) is 35.1 Å². The molecular weight excluding hydrogens is 424 g/mol. The standard InChI is InChI=1S/C19H15BrN6O2/c20-11-1-4-13-15(9-11)26(12-2-3-12)23-14(19(13)28)10-18(27)22-16-5-6-17-21-7-8-25(17)24-16/h1,4-9,12H,2-3,10H2,(H,22,24,27). The van der Waals surface area contributed by atoms with Crippen molar-refractivity contribution >= 4 is 44.2 Å². The first-order valence-corrected chi connectivity index (χ1v) is 9.69. The molecule has 3 aromatic heterocycles. The van der Waals surface area contributed by atoms with Gasteiger partial charge in [0.25, 0.3) is 0 Å². The van der Waals surface area contributed by atoms with Crippen molar-refractivity contribution in [3.05, 3.63) is 63.1 Å². The molecule has 1 amide bonds. The summed E-state index contributed by atoms with van der Waals surface area (Å²) in [5.74, 6) is 0.0538. The van der Waals surface area contributed by atoms with E-state index in [9.17, 15) is 9.59 Å². The first-order chi connectivity index (χ1) is 13.6. The van der Waals surface area contributed by atoms with Crippen LogP contribution >= 0.6 is 15.9 Å². The third-order valence-corrected chi connectivity index (χ3v) is 5.18. The highest BCUT2D eigenvalue weighted by atomic mass is 79.9. The fraction of sp³-hybridized carbons (Fsp3) is 0.211. The number of hydrogen-bond donors (Lipinski definition) is 1. The Bertz CT molecular complexity index is 1290. The molecule has 28 heavy (non-hydrogen) atoms. The molecule has 0 unspecified atom stereocenters. The third-order valence-electron chi connectivity index (χ3n) is 4.69. The maximum atomic E-state index is 12.9. The van der Waals surface area contributed by atoms with Crippen LogP contribution < -0.4 is 10.7 Å². The van der Waals surface area contributed by atoms with Crippen LogP contribution in [0.2, 0.25) is 0 Å². The van der Waals surface area contributed by atoms with Crippen LogP contribution in [0.15, 0.2) is 52.0 Å². The molecule has 5 rings (SSSR count). The summed E-state index contributed by atoms with van der Waals surface area (Å²) in [7, 11) is 0. The predicted molar refractivity (Wildman–Crippen MR) is 107 cm³/mol. The SMILES string of the molecule is O=C(Cc1nn(C2CC2)c2cc(Br)ccc2c1=O)Nc1ccc2nccn2n1. The molecule has 4 aromatic rings. The Hall–Kier alpha value is -3.07. The number of nitrogens with zero attached hydrogens (tertiary/aromatic N) is 5. The molecule has 140 valence electrons. The monoisotopic (exact) mass is 438 g/mol. The van der Waals surface area contributed by atoms with E-state index in [0.717, 1.165) is 22.8 Å². The van der Waals surface area contributed by atoms with Crippen molar-refractivity contribution < 1.29 is 4.79 Å². The van der Waals surface area contributed by atoms with Crippen LogP contribution in [0.5, 0.6) is 0 Å². The van der Waals surface area contributed by atoms with E-state index in [2.05, 4.69) is 36.4 Å². The predicted octanol–water partition coefficient (Wildman–Crippen LogP) is 2.72. The van der Waals surface area contributed by atoms with Crippen LogP contribution in [-0.2, 0) is 11.2 Å². The number of halogens is 1. The second-order valence-electron chi connectivity index (χ2n) is 6.79. The van der Waals surface area contributed by atoms with E-state index in [4.69, 9.17) is 0 Å². The van der Waals surface area contributed by atoms with Gasteiger partial charge in [0.05, 0.1) is 18.0 Å². The third kappa shape index (κ3) is 3.07. The summed E-state index contributed by atoms with van der Waals surface area (Å²) in [6.45, 7) is 0. The Morgan fingerprint density at radius 3 is 2.89 bits per heavy atom. The molecule has 0 radical (unpaired) electrons. The van der Waals surface area contributed by atoms with E-state index < -0.39 is 0 Å². The van der Waals surface area contributed by atoms with Gasteiger partial charge < -0.3 is 5.32 Å². The number of amides is 1. The van der Waals surface area contributed by atoms with Crippen LogP contribution in [0.1, 0.15) is 24.6 Å². The summed E-state index contributed by atoms with van der Waals surface area (Å²) >= 11 is 3.45. The molecule has 1 saturated carbocycles. The molecule has 1 fully saturated rings. The lowest BCUT2D eigenvalue weighted by atomic mass is 10.1. The van der Waals surface area contributed by atoms with Crippen molar-refractivity contribution in [3.63, 3.8) is 0 Å². The van der Waals surface area contributed by atoms with Crippen molar-refractivity contribution in [2.24, 2.45) is 0 Å². The number of nitrogens with one attached hydrogen (secondary N) is 1. The van der Waals surface area contributed by atoms with Gasteiger partial charge in [-0.3, -0.25) is 14.3 Å². The zero-order valence-electron chi connectivity index (χ0n) is 14.7. The molecule has 1 aromatic carbocycles. The number of carbonyl (C=O) groups is 1. The lowest BCUT2D eigenvalue weighted by Crippen LogP contribution is -2.25. The van der Waals surface area contributed by atoms with Crippen molar-refractivity contribution in [2.75, 3.05) is 5.32 Å². The topological polar surface area (TPSA) is 94.2 Å². The minimum atomic E-state index is -0.338. The van der Waals surface area contributed by atoms with E-state index in [0.29, 0.717) is 16.9 Å². The van der Waals surface area contributed by atoms with Gasteiger partial charge in [-0.2, -0.15) is 5.10 Å². The summed E-state index contributed by atoms with van der Waals surface area (Å²) < 4.78 is 4.34.